The Hall–Kier alpha value is -0.480. The number of anilines is 1. The molecule has 0 aliphatic carbocycles. The third-order valence-electron chi connectivity index (χ3n) is 2.66. The molecule has 4 N–H and O–H groups in total. The predicted molar refractivity (Wildman–Crippen MR) is 70.5 cm³/mol. The molecule has 1 aromatic rings. The van der Waals surface area contributed by atoms with Crippen LogP contribution < -0.4 is 11.4 Å². The maximum Gasteiger partial charge on any atom is 0.351 e. The number of hydrogen-bond donors (Lipinski definition) is 3. The molecular formula is C9H11Br2N3O4. The molecule has 1 fully saturated rings. The van der Waals surface area contributed by atoms with Crippen molar-refractivity contribution in [1.82, 2.24) is 9.55 Å². The first-order valence-electron chi connectivity index (χ1n) is 5.04. The molecule has 3 atom stereocenters. The van der Waals surface area contributed by atoms with Crippen molar-refractivity contribution in [2.24, 2.45) is 0 Å². The fourth-order valence-corrected chi connectivity index (χ4v) is 2.97. The molecule has 7 nitrogen and oxygen atoms in total. The Bertz CT molecular complexity index is 507. The highest BCUT2D eigenvalue weighted by atomic mass is 79.9. The molecule has 9 heteroatoms. The Kier molecular flexibility index (Phi) is 3.79. The van der Waals surface area contributed by atoms with E-state index in [0.717, 1.165) is 0 Å². The van der Waals surface area contributed by atoms with Crippen LogP contribution in [0.5, 0.6) is 0 Å². The van der Waals surface area contributed by atoms with E-state index < -0.39 is 27.4 Å². The molecule has 18 heavy (non-hydrogen) atoms. The van der Waals surface area contributed by atoms with E-state index in [9.17, 15) is 9.90 Å². The van der Waals surface area contributed by atoms with Crippen LogP contribution in [-0.4, -0.2) is 41.8 Å². The average Bonchev–Trinajstić information content (AvgIpc) is 2.52. The molecule has 0 spiro atoms. The highest BCUT2D eigenvalue weighted by molar-refractivity contribution is 9.25. The zero-order valence-corrected chi connectivity index (χ0v) is 12.2. The number of nitrogens with zero attached hydrogens (tertiary/aromatic N) is 2. The summed E-state index contributed by atoms with van der Waals surface area (Å²) in [5.41, 5.74) is 4.79. The smallest absolute Gasteiger partial charge is 0.351 e. The van der Waals surface area contributed by atoms with Gasteiger partial charge in [0.15, 0.2) is 9.46 Å². The lowest BCUT2D eigenvalue weighted by Crippen LogP contribution is -2.39. The molecule has 1 aromatic heterocycles. The van der Waals surface area contributed by atoms with Gasteiger partial charge in [0.05, 0.1) is 6.61 Å². The second-order valence-electron chi connectivity index (χ2n) is 3.87. The molecule has 0 radical (unpaired) electrons. The molecular weight excluding hydrogens is 374 g/mol. The Morgan fingerprint density at radius 2 is 2.28 bits per heavy atom. The van der Waals surface area contributed by atoms with Crippen LogP contribution in [-0.2, 0) is 4.74 Å². The van der Waals surface area contributed by atoms with Gasteiger partial charge in [0, 0.05) is 6.20 Å². The van der Waals surface area contributed by atoms with Gasteiger partial charge in [0.1, 0.15) is 18.0 Å². The Morgan fingerprint density at radius 1 is 1.61 bits per heavy atom. The number of rotatable bonds is 2. The van der Waals surface area contributed by atoms with E-state index >= 15 is 0 Å². The van der Waals surface area contributed by atoms with Gasteiger partial charge in [-0.3, -0.25) is 4.57 Å². The van der Waals surface area contributed by atoms with Gasteiger partial charge >= 0.3 is 5.69 Å². The molecule has 0 saturated carbocycles. The average molecular weight is 385 g/mol. The maximum atomic E-state index is 11.7. The first-order valence-corrected chi connectivity index (χ1v) is 6.63. The Balaban J connectivity index is 2.42. The highest BCUT2D eigenvalue weighted by Crippen LogP contribution is 2.48. The minimum absolute atomic E-state index is 0.100. The molecule has 2 heterocycles. The van der Waals surface area contributed by atoms with Crippen LogP contribution in [0, 0.1) is 0 Å². The standard InChI is InChI=1S/C9H11Br2N3O4/c10-9(11)6(16)4(3-15)18-7(9)14-2-1-5(12)13-8(14)17/h1-2,4,6-7,15-16H,3H2,(H2,12,13,17)/t4-,6?,7-/m1/s1. The van der Waals surface area contributed by atoms with Crippen molar-refractivity contribution < 1.29 is 14.9 Å². The number of aromatic nitrogens is 2. The molecule has 1 unspecified atom stereocenters. The molecule has 0 bridgehead atoms. The fourth-order valence-electron chi connectivity index (χ4n) is 1.72. The summed E-state index contributed by atoms with van der Waals surface area (Å²) in [6.07, 6.45) is -1.28. The number of halogens is 2. The number of aliphatic hydroxyl groups excluding tert-OH is 2. The number of hydrogen-bond acceptors (Lipinski definition) is 6. The normalized spacial score (nSPS) is 30.6. The second-order valence-corrected chi connectivity index (χ2v) is 7.56. The lowest BCUT2D eigenvalue weighted by atomic mass is 10.2. The minimum atomic E-state index is -1.09. The predicted octanol–water partition coefficient (Wildman–Crippen LogP) is -0.438. The van der Waals surface area contributed by atoms with E-state index in [4.69, 9.17) is 15.6 Å². The summed E-state index contributed by atoms with van der Waals surface area (Å²) >= 11 is 6.51. The second kappa shape index (κ2) is 4.89. The summed E-state index contributed by atoms with van der Waals surface area (Å²) < 4.78 is 5.52. The lowest BCUT2D eigenvalue weighted by Gasteiger charge is -2.24. The molecule has 2 rings (SSSR count). The van der Waals surface area contributed by atoms with E-state index in [2.05, 4.69) is 36.8 Å². The van der Waals surface area contributed by atoms with Crippen LogP contribution >= 0.6 is 31.9 Å². The van der Waals surface area contributed by atoms with E-state index in [0.29, 0.717) is 0 Å². The van der Waals surface area contributed by atoms with Crippen LogP contribution in [0.2, 0.25) is 0 Å². The van der Waals surface area contributed by atoms with Gasteiger partial charge in [0.25, 0.3) is 0 Å². The van der Waals surface area contributed by atoms with Crippen molar-refractivity contribution in [3.8, 4) is 0 Å². The summed E-state index contributed by atoms with van der Waals surface area (Å²) in [7, 11) is 0. The number of ether oxygens (including phenoxy) is 1. The van der Waals surface area contributed by atoms with Crippen LogP contribution in [0.15, 0.2) is 17.1 Å². The van der Waals surface area contributed by atoms with Crippen molar-refractivity contribution in [2.45, 2.75) is 21.7 Å². The van der Waals surface area contributed by atoms with Crippen LogP contribution in [0.4, 0.5) is 5.82 Å². The van der Waals surface area contributed by atoms with Gasteiger partial charge in [-0.05, 0) is 6.07 Å². The van der Waals surface area contributed by atoms with Crippen LogP contribution in [0.1, 0.15) is 6.23 Å². The van der Waals surface area contributed by atoms with Crippen molar-refractivity contribution in [3.63, 3.8) is 0 Å². The van der Waals surface area contributed by atoms with Crippen molar-refractivity contribution in [1.29, 1.82) is 0 Å². The van der Waals surface area contributed by atoms with Crippen LogP contribution in [0.25, 0.3) is 0 Å². The number of nitrogens with two attached hydrogens (primary N) is 1. The van der Waals surface area contributed by atoms with E-state index in [1.807, 2.05) is 0 Å². The quantitative estimate of drug-likeness (QED) is 0.596. The highest BCUT2D eigenvalue weighted by Gasteiger charge is 2.54. The van der Waals surface area contributed by atoms with Gasteiger partial charge < -0.3 is 20.7 Å². The molecule has 100 valence electrons. The number of nitrogen functional groups attached to an aromatic ring is 1. The van der Waals surface area contributed by atoms with Gasteiger partial charge in [-0.2, -0.15) is 4.98 Å². The number of aliphatic hydroxyl groups is 2. The van der Waals surface area contributed by atoms with Gasteiger partial charge in [-0.1, -0.05) is 31.9 Å². The van der Waals surface area contributed by atoms with Gasteiger partial charge in [-0.25, -0.2) is 4.79 Å². The van der Waals surface area contributed by atoms with E-state index in [1.54, 1.807) is 0 Å². The summed E-state index contributed by atoms with van der Waals surface area (Å²) in [5, 5.41) is 19.1. The summed E-state index contributed by atoms with van der Waals surface area (Å²) in [5.74, 6) is 0.100. The first-order chi connectivity index (χ1) is 8.37. The third-order valence-corrected chi connectivity index (χ3v) is 4.39. The first kappa shape index (κ1) is 13.9. The molecule has 0 aromatic carbocycles. The summed E-state index contributed by atoms with van der Waals surface area (Å²) in [6, 6.07) is 1.44. The van der Waals surface area contributed by atoms with E-state index in [-0.39, 0.29) is 12.4 Å². The summed E-state index contributed by atoms with van der Waals surface area (Å²) in [6.45, 7) is -0.367. The van der Waals surface area contributed by atoms with Crippen molar-refractivity contribution >= 4 is 37.7 Å². The third kappa shape index (κ3) is 2.21. The molecule has 1 saturated heterocycles. The zero-order chi connectivity index (χ0) is 13.5. The molecule has 0 amide bonds. The minimum Gasteiger partial charge on any atom is -0.394 e. The lowest BCUT2D eigenvalue weighted by molar-refractivity contribution is -0.0458. The van der Waals surface area contributed by atoms with Crippen LogP contribution in [0.3, 0.4) is 0 Å². The largest absolute Gasteiger partial charge is 0.394 e. The molecule has 1 aliphatic rings. The topological polar surface area (TPSA) is 111 Å². The van der Waals surface area contributed by atoms with Crippen molar-refractivity contribution in [3.05, 3.63) is 22.7 Å². The maximum absolute atomic E-state index is 11.7. The molecule has 1 aliphatic heterocycles. The zero-order valence-electron chi connectivity index (χ0n) is 9.03. The fraction of sp³-hybridized carbons (Fsp3) is 0.556. The Morgan fingerprint density at radius 3 is 2.78 bits per heavy atom. The SMILES string of the molecule is Nc1ccn([C@@H]2O[C@H](CO)C(O)C2(Br)Br)c(=O)n1. The monoisotopic (exact) mass is 383 g/mol. The van der Waals surface area contributed by atoms with Gasteiger partial charge in [-0.15, -0.1) is 0 Å². The van der Waals surface area contributed by atoms with Crippen molar-refractivity contribution in [2.75, 3.05) is 12.3 Å². The Labute approximate surface area is 119 Å². The number of alkyl halides is 2. The van der Waals surface area contributed by atoms with E-state index in [1.165, 1.54) is 16.8 Å². The summed E-state index contributed by atoms with van der Waals surface area (Å²) in [4.78, 5) is 15.3. The van der Waals surface area contributed by atoms with Gasteiger partial charge in [0.2, 0.25) is 0 Å².